The molecule has 3 N–H and O–H groups in total. The largest absolute Gasteiger partial charge is 0.508 e. The molecule has 0 amide bonds. The number of phenols is 1. The second kappa shape index (κ2) is 6.39. The molecule has 0 aliphatic heterocycles. The highest BCUT2D eigenvalue weighted by atomic mass is 16.3. The number of rotatable bonds is 5. The lowest BCUT2D eigenvalue weighted by atomic mass is 9.91. The van der Waals surface area contributed by atoms with Gasteiger partial charge in [-0.3, -0.25) is 0 Å². The van der Waals surface area contributed by atoms with Crippen molar-refractivity contribution in [1.82, 2.24) is 0 Å². The van der Waals surface area contributed by atoms with E-state index in [-0.39, 0.29) is 0 Å². The van der Waals surface area contributed by atoms with E-state index in [2.05, 4.69) is 31.2 Å². The highest BCUT2D eigenvalue weighted by Crippen LogP contribution is 2.19. The van der Waals surface area contributed by atoms with Gasteiger partial charge in [-0.05, 0) is 61.1 Å². The van der Waals surface area contributed by atoms with E-state index in [1.54, 1.807) is 6.07 Å². The average molecular weight is 255 g/mol. The number of hydrogen-bond acceptors (Lipinski definition) is 2. The molecule has 1 atom stereocenters. The van der Waals surface area contributed by atoms with Crippen LogP contribution in [0.15, 0.2) is 48.5 Å². The van der Waals surface area contributed by atoms with Crippen LogP contribution in [0.2, 0.25) is 0 Å². The van der Waals surface area contributed by atoms with Gasteiger partial charge in [-0.2, -0.15) is 0 Å². The zero-order valence-electron chi connectivity index (χ0n) is 11.3. The normalized spacial score (nSPS) is 12.3. The third-order valence-electron chi connectivity index (χ3n) is 3.54. The molecule has 2 rings (SSSR count). The Morgan fingerprint density at radius 1 is 1.05 bits per heavy atom. The van der Waals surface area contributed by atoms with E-state index in [0.29, 0.717) is 18.2 Å². The lowest BCUT2D eigenvalue weighted by Gasteiger charge is -2.16. The van der Waals surface area contributed by atoms with Crippen LogP contribution in [-0.2, 0) is 12.8 Å². The maximum atomic E-state index is 9.50. The first-order chi connectivity index (χ1) is 9.19. The zero-order chi connectivity index (χ0) is 13.7. The Hall–Kier alpha value is -1.80. The molecule has 0 bridgehead atoms. The SMILES string of the molecule is Cc1ccccc1CC(CN)Cc1cccc(O)c1. The van der Waals surface area contributed by atoms with E-state index in [0.717, 1.165) is 18.4 Å². The summed E-state index contributed by atoms with van der Waals surface area (Å²) in [6, 6.07) is 15.9. The van der Waals surface area contributed by atoms with Gasteiger partial charge in [0.2, 0.25) is 0 Å². The molecule has 1 unspecified atom stereocenters. The Morgan fingerprint density at radius 2 is 1.84 bits per heavy atom. The van der Waals surface area contributed by atoms with Crippen molar-refractivity contribution in [1.29, 1.82) is 0 Å². The van der Waals surface area contributed by atoms with E-state index >= 15 is 0 Å². The van der Waals surface area contributed by atoms with Gasteiger partial charge in [0, 0.05) is 0 Å². The van der Waals surface area contributed by atoms with E-state index in [9.17, 15) is 5.11 Å². The molecule has 0 aromatic heterocycles. The van der Waals surface area contributed by atoms with Gasteiger partial charge in [-0.15, -0.1) is 0 Å². The molecule has 0 spiro atoms. The molecule has 0 fully saturated rings. The standard InChI is InChI=1S/C17H21NO/c1-13-5-2-3-7-16(13)10-15(12-18)9-14-6-4-8-17(19)11-14/h2-8,11,15,19H,9-10,12,18H2,1H3. The van der Waals surface area contributed by atoms with Crippen LogP contribution in [0, 0.1) is 12.8 Å². The fourth-order valence-corrected chi connectivity index (χ4v) is 2.41. The van der Waals surface area contributed by atoms with Gasteiger partial charge in [0.1, 0.15) is 5.75 Å². The first kappa shape index (κ1) is 13.6. The third kappa shape index (κ3) is 3.83. The number of benzene rings is 2. The predicted octanol–water partition coefficient (Wildman–Crippen LogP) is 3.06. The monoisotopic (exact) mass is 255 g/mol. The van der Waals surface area contributed by atoms with Crippen LogP contribution in [0.1, 0.15) is 16.7 Å². The Balaban J connectivity index is 2.07. The Morgan fingerprint density at radius 3 is 2.53 bits per heavy atom. The van der Waals surface area contributed by atoms with Crippen LogP contribution in [0.25, 0.3) is 0 Å². The van der Waals surface area contributed by atoms with Crippen molar-refractivity contribution in [2.75, 3.05) is 6.54 Å². The fourth-order valence-electron chi connectivity index (χ4n) is 2.41. The van der Waals surface area contributed by atoms with Crippen LogP contribution in [0.5, 0.6) is 5.75 Å². The molecule has 2 aromatic carbocycles. The second-order valence-corrected chi connectivity index (χ2v) is 5.11. The van der Waals surface area contributed by atoms with Crippen molar-refractivity contribution in [3.63, 3.8) is 0 Å². The minimum Gasteiger partial charge on any atom is -0.508 e. The van der Waals surface area contributed by atoms with Gasteiger partial charge in [0.25, 0.3) is 0 Å². The summed E-state index contributed by atoms with van der Waals surface area (Å²) in [5, 5.41) is 9.50. The molecule has 0 aliphatic rings. The number of hydrogen-bond donors (Lipinski definition) is 2. The molecule has 0 saturated heterocycles. The van der Waals surface area contributed by atoms with E-state index < -0.39 is 0 Å². The quantitative estimate of drug-likeness (QED) is 0.862. The summed E-state index contributed by atoms with van der Waals surface area (Å²) in [6.07, 6.45) is 1.89. The van der Waals surface area contributed by atoms with Crippen LogP contribution in [0.4, 0.5) is 0 Å². The van der Waals surface area contributed by atoms with Crippen LogP contribution < -0.4 is 5.73 Å². The van der Waals surface area contributed by atoms with Crippen molar-refractivity contribution in [3.8, 4) is 5.75 Å². The van der Waals surface area contributed by atoms with Crippen LogP contribution in [0.3, 0.4) is 0 Å². The van der Waals surface area contributed by atoms with Gasteiger partial charge < -0.3 is 10.8 Å². The van der Waals surface area contributed by atoms with Crippen LogP contribution >= 0.6 is 0 Å². The average Bonchev–Trinajstić information content (AvgIpc) is 2.40. The molecule has 100 valence electrons. The number of aromatic hydroxyl groups is 1. The van der Waals surface area contributed by atoms with Crippen molar-refractivity contribution in [2.24, 2.45) is 11.7 Å². The van der Waals surface area contributed by atoms with E-state index in [4.69, 9.17) is 5.73 Å². The summed E-state index contributed by atoms with van der Waals surface area (Å²) in [5.41, 5.74) is 9.71. The van der Waals surface area contributed by atoms with Crippen LogP contribution in [-0.4, -0.2) is 11.7 Å². The summed E-state index contributed by atoms with van der Waals surface area (Å²) in [5.74, 6) is 0.729. The molecule has 0 radical (unpaired) electrons. The molecular formula is C17H21NO. The molecular weight excluding hydrogens is 234 g/mol. The fraction of sp³-hybridized carbons (Fsp3) is 0.294. The first-order valence-corrected chi connectivity index (χ1v) is 6.71. The summed E-state index contributed by atoms with van der Waals surface area (Å²) < 4.78 is 0. The molecule has 0 aliphatic carbocycles. The Labute approximate surface area is 114 Å². The smallest absolute Gasteiger partial charge is 0.115 e. The maximum absolute atomic E-state index is 9.50. The van der Waals surface area contributed by atoms with Crippen molar-refractivity contribution in [2.45, 2.75) is 19.8 Å². The zero-order valence-corrected chi connectivity index (χ0v) is 11.3. The van der Waals surface area contributed by atoms with Gasteiger partial charge in [-0.25, -0.2) is 0 Å². The Kier molecular flexibility index (Phi) is 4.58. The summed E-state index contributed by atoms with van der Waals surface area (Å²) in [4.78, 5) is 0. The number of nitrogens with two attached hydrogens (primary N) is 1. The molecule has 0 saturated carbocycles. The molecule has 19 heavy (non-hydrogen) atoms. The van der Waals surface area contributed by atoms with E-state index in [1.165, 1.54) is 11.1 Å². The van der Waals surface area contributed by atoms with Gasteiger partial charge in [-0.1, -0.05) is 36.4 Å². The lowest BCUT2D eigenvalue weighted by Crippen LogP contribution is -2.19. The van der Waals surface area contributed by atoms with Gasteiger partial charge >= 0.3 is 0 Å². The Bertz CT molecular complexity index is 536. The molecule has 2 aromatic rings. The summed E-state index contributed by atoms with van der Waals surface area (Å²) in [6.45, 7) is 2.79. The van der Waals surface area contributed by atoms with Gasteiger partial charge in [0.05, 0.1) is 0 Å². The highest BCUT2D eigenvalue weighted by Gasteiger charge is 2.10. The maximum Gasteiger partial charge on any atom is 0.115 e. The van der Waals surface area contributed by atoms with Crippen molar-refractivity contribution in [3.05, 3.63) is 65.2 Å². The minimum absolute atomic E-state index is 0.323. The predicted molar refractivity (Wildman–Crippen MR) is 79.2 cm³/mol. The third-order valence-corrected chi connectivity index (χ3v) is 3.54. The lowest BCUT2D eigenvalue weighted by molar-refractivity contribution is 0.472. The first-order valence-electron chi connectivity index (χ1n) is 6.71. The number of aryl methyl sites for hydroxylation is 1. The summed E-state index contributed by atoms with van der Waals surface area (Å²) >= 11 is 0. The number of phenolic OH excluding ortho intramolecular Hbond substituents is 1. The summed E-state index contributed by atoms with van der Waals surface area (Å²) in [7, 11) is 0. The molecule has 2 nitrogen and oxygen atoms in total. The van der Waals surface area contributed by atoms with Gasteiger partial charge in [0.15, 0.2) is 0 Å². The minimum atomic E-state index is 0.323. The van der Waals surface area contributed by atoms with Crippen molar-refractivity contribution >= 4 is 0 Å². The van der Waals surface area contributed by atoms with E-state index in [1.807, 2.05) is 18.2 Å². The van der Waals surface area contributed by atoms with Crippen molar-refractivity contribution < 1.29 is 5.11 Å². The topological polar surface area (TPSA) is 46.2 Å². The highest BCUT2D eigenvalue weighted by molar-refractivity contribution is 5.29. The molecule has 0 heterocycles. The molecule has 2 heteroatoms. The second-order valence-electron chi connectivity index (χ2n) is 5.11.